The minimum Gasteiger partial charge on any atom is -0.480 e. The molecule has 0 aliphatic carbocycles. The third kappa shape index (κ3) is 2.28. The number of hydrogen-bond acceptors (Lipinski definition) is 4. The summed E-state index contributed by atoms with van der Waals surface area (Å²) in [6.45, 7) is 0. The van der Waals surface area contributed by atoms with Crippen LogP contribution in [0.3, 0.4) is 0 Å². The second kappa shape index (κ2) is 4.90. The van der Waals surface area contributed by atoms with E-state index in [0.717, 1.165) is 4.88 Å². The first-order valence-corrected chi connectivity index (χ1v) is 5.74. The van der Waals surface area contributed by atoms with Crippen molar-refractivity contribution in [2.24, 2.45) is 0 Å². The van der Waals surface area contributed by atoms with Crippen LogP contribution in [0.4, 0.5) is 0 Å². The lowest BCUT2D eigenvalue weighted by atomic mass is 10.1. The fourth-order valence-electron chi connectivity index (χ4n) is 1.43. The predicted octanol–water partition coefficient (Wildman–Crippen LogP) is 2.58. The molecule has 0 bridgehead atoms. The number of carbonyl (C=O) groups is 1. The molecule has 2 rings (SSSR count). The van der Waals surface area contributed by atoms with E-state index in [1.807, 2.05) is 17.5 Å². The fourth-order valence-corrected chi connectivity index (χ4v) is 2.14. The number of Topliss-reactive ketones (excluding diaryl/α,β-unsaturated/α-hetero) is 1. The number of ether oxygens (including phenoxy) is 1. The molecule has 0 atom stereocenters. The van der Waals surface area contributed by atoms with Crippen molar-refractivity contribution in [3.05, 3.63) is 46.3 Å². The van der Waals surface area contributed by atoms with Gasteiger partial charge in [-0.25, -0.2) is 4.98 Å². The van der Waals surface area contributed by atoms with Crippen molar-refractivity contribution in [2.75, 3.05) is 7.11 Å². The number of nitrogens with zero attached hydrogens (tertiary/aromatic N) is 1. The first kappa shape index (κ1) is 10.8. The number of aromatic nitrogens is 1. The Morgan fingerprint density at radius 1 is 1.44 bits per heavy atom. The van der Waals surface area contributed by atoms with Gasteiger partial charge in [-0.05, 0) is 23.6 Å². The molecule has 0 radical (unpaired) electrons. The van der Waals surface area contributed by atoms with Crippen LogP contribution in [-0.2, 0) is 6.42 Å². The van der Waals surface area contributed by atoms with Crippen LogP contribution in [-0.4, -0.2) is 17.9 Å². The second-order valence-corrected chi connectivity index (χ2v) is 4.27. The lowest BCUT2D eigenvalue weighted by Gasteiger charge is -2.04. The third-order valence-electron chi connectivity index (χ3n) is 2.18. The van der Waals surface area contributed by atoms with Crippen molar-refractivity contribution in [3.63, 3.8) is 0 Å². The lowest BCUT2D eigenvalue weighted by molar-refractivity contribution is 0.0990. The molecule has 2 aromatic rings. The van der Waals surface area contributed by atoms with Crippen LogP contribution in [0.5, 0.6) is 5.88 Å². The average molecular weight is 233 g/mol. The molecule has 82 valence electrons. The Bertz CT molecular complexity index is 480. The SMILES string of the molecule is COc1ncccc1C(=O)Cc1cccs1. The fraction of sp³-hybridized carbons (Fsp3) is 0.167. The van der Waals surface area contributed by atoms with Crippen molar-refractivity contribution < 1.29 is 9.53 Å². The van der Waals surface area contributed by atoms with Crippen molar-refractivity contribution in [2.45, 2.75) is 6.42 Å². The molecule has 0 amide bonds. The van der Waals surface area contributed by atoms with Crippen molar-refractivity contribution in [3.8, 4) is 5.88 Å². The molecule has 0 aliphatic heterocycles. The molecule has 0 aromatic carbocycles. The van der Waals surface area contributed by atoms with Gasteiger partial charge in [0.15, 0.2) is 5.78 Å². The highest BCUT2D eigenvalue weighted by Gasteiger charge is 2.13. The minimum absolute atomic E-state index is 0.0346. The van der Waals surface area contributed by atoms with E-state index in [2.05, 4.69) is 4.98 Å². The largest absolute Gasteiger partial charge is 0.480 e. The van der Waals surface area contributed by atoms with Crippen molar-refractivity contribution in [1.29, 1.82) is 0 Å². The van der Waals surface area contributed by atoms with E-state index in [-0.39, 0.29) is 5.78 Å². The monoisotopic (exact) mass is 233 g/mol. The van der Waals surface area contributed by atoms with Crippen LogP contribution < -0.4 is 4.74 Å². The third-order valence-corrected chi connectivity index (χ3v) is 3.06. The van der Waals surface area contributed by atoms with E-state index >= 15 is 0 Å². The quantitative estimate of drug-likeness (QED) is 0.762. The number of rotatable bonds is 4. The molecule has 0 spiro atoms. The van der Waals surface area contributed by atoms with Crippen LogP contribution in [0, 0.1) is 0 Å². The summed E-state index contributed by atoms with van der Waals surface area (Å²) in [6.07, 6.45) is 2.01. The van der Waals surface area contributed by atoms with Gasteiger partial charge < -0.3 is 4.74 Å². The van der Waals surface area contributed by atoms with Gasteiger partial charge in [0.2, 0.25) is 5.88 Å². The number of ketones is 1. The molecule has 0 saturated carbocycles. The highest BCUT2D eigenvalue weighted by atomic mass is 32.1. The Balaban J connectivity index is 2.21. The zero-order valence-electron chi connectivity index (χ0n) is 8.84. The van der Waals surface area contributed by atoms with E-state index < -0.39 is 0 Å². The van der Waals surface area contributed by atoms with E-state index in [9.17, 15) is 4.79 Å². The zero-order chi connectivity index (χ0) is 11.4. The van der Waals surface area contributed by atoms with Gasteiger partial charge in [0.05, 0.1) is 12.7 Å². The van der Waals surface area contributed by atoms with E-state index in [4.69, 9.17) is 4.74 Å². The van der Waals surface area contributed by atoms with Crippen LogP contribution >= 0.6 is 11.3 Å². The summed E-state index contributed by atoms with van der Waals surface area (Å²) in [7, 11) is 1.52. The maximum absolute atomic E-state index is 12.0. The summed E-state index contributed by atoms with van der Waals surface area (Å²) < 4.78 is 5.06. The molecule has 0 fully saturated rings. The first-order chi connectivity index (χ1) is 7.81. The molecular weight excluding hydrogens is 222 g/mol. The van der Waals surface area contributed by atoms with Crippen LogP contribution in [0.15, 0.2) is 35.8 Å². The molecule has 0 N–H and O–H groups in total. The van der Waals surface area contributed by atoms with Crippen LogP contribution in [0.2, 0.25) is 0 Å². The molecule has 0 unspecified atom stereocenters. The molecule has 16 heavy (non-hydrogen) atoms. The van der Waals surface area contributed by atoms with E-state index in [1.54, 1.807) is 29.7 Å². The minimum atomic E-state index is 0.0346. The Kier molecular flexibility index (Phi) is 3.31. The number of pyridine rings is 1. The molecular formula is C12H11NO2S. The summed E-state index contributed by atoms with van der Waals surface area (Å²) in [6, 6.07) is 7.37. The van der Waals surface area contributed by atoms with E-state index in [0.29, 0.717) is 17.9 Å². The number of carbonyl (C=O) groups excluding carboxylic acids is 1. The maximum Gasteiger partial charge on any atom is 0.224 e. The summed E-state index contributed by atoms with van der Waals surface area (Å²) in [4.78, 5) is 17.0. The standard InChI is InChI=1S/C12H11NO2S/c1-15-12-10(5-2-6-13-12)11(14)8-9-4-3-7-16-9/h2-7H,8H2,1H3. The Morgan fingerprint density at radius 3 is 3.00 bits per heavy atom. The maximum atomic E-state index is 12.0. The molecule has 3 nitrogen and oxygen atoms in total. The Morgan fingerprint density at radius 2 is 2.31 bits per heavy atom. The van der Waals surface area contributed by atoms with Gasteiger partial charge in [0.1, 0.15) is 0 Å². The van der Waals surface area contributed by atoms with Crippen molar-refractivity contribution in [1.82, 2.24) is 4.98 Å². The van der Waals surface area contributed by atoms with Gasteiger partial charge in [0.25, 0.3) is 0 Å². The van der Waals surface area contributed by atoms with E-state index in [1.165, 1.54) is 7.11 Å². The highest BCUT2D eigenvalue weighted by molar-refractivity contribution is 7.10. The van der Waals surface area contributed by atoms with Gasteiger partial charge in [-0.3, -0.25) is 4.79 Å². The second-order valence-electron chi connectivity index (χ2n) is 3.24. The Labute approximate surface area is 97.7 Å². The molecule has 0 aliphatic rings. The number of methoxy groups -OCH3 is 1. The lowest BCUT2D eigenvalue weighted by Crippen LogP contribution is -2.05. The molecule has 4 heteroatoms. The van der Waals surface area contributed by atoms with Gasteiger partial charge >= 0.3 is 0 Å². The first-order valence-electron chi connectivity index (χ1n) is 4.86. The average Bonchev–Trinajstić information content (AvgIpc) is 2.81. The molecule has 2 heterocycles. The summed E-state index contributed by atoms with van der Waals surface area (Å²) in [5.41, 5.74) is 0.540. The molecule has 2 aromatic heterocycles. The summed E-state index contributed by atoms with van der Waals surface area (Å²) in [5.74, 6) is 0.427. The smallest absolute Gasteiger partial charge is 0.224 e. The van der Waals surface area contributed by atoms with Crippen LogP contribution in [0.25, 0.3) is 0 Å². The van der Waals surface area contributed by atoms with Crippen molar-refractivity contribution >= 4 is 17.1 Å². The van der Waals surface area contributed by atoms with Gasteiger partial charge in [0, 0.05) is 17.5 Å². The summed E-state index contributed by atoms with van der Waals surface area (Å²) in [5, 5.41) is 1.96. The summed E-state index contributed by atoms with van der Waals surface area (Å²) >= 11 is 1.58. The van der Waals surface area contributed by atoms with Crippen LogP contribution in [0.1, 0.15) is 15.2 Å². The Hall–Kier alpha value is -1.68. The van der Waals surface area contributed by atoms with Gasteiger partial charge in [-0.15, -0.1) is 11.3 Å². The highest BCUT2D eigenvalue weighted by Crippen LogP contribution is 2.18. The molecule has 0 saturated heterocycles. The zero-order valence-corrected chi connectivity index (χ0v) is 9.66. The van der Waals surface area contributed by atoms with Gasteiger partial charge in [-0.1, -0.05) is 6.07 Å². The normalized spacial score (nSPS) is 10.1. The number of thiophene rings is 1. The predicted molar refractivity (Wildman–Crippen MR) is 63.1 cm³/mol. The number of hydrogen-bond donors (Lipinski definition) is 0. The topological polar surface area (TPSA) is 39.2 Å². The van der Waals surface area contributed by atoms with Gasteiger partial charge in [-0.2, -0.15) is 0 Å².